The van der Waals surface area contributed by atoms with E-state index >= 15 is 0 Å². The van der Waals surface area contributed by atoms with E-state index < -0.39 is 0 Å². The number of nitrogens with one attached hydrogen (secondary N) is 1. The highest BCUT2D eigenvalue weighted by atomic mass is 35.5. The summed E-state index contributed by atoms with van der Waals surface area (Å²) in [6.45, 7) is 5.12. The zero-order chi connectivity index (χ0) is 23.5. The number of halogens is 2. The number of carbonyl (C=O) groups excluding carboxylic acids is 1. The van der Waals surface area contributed by atoms with Crippen LogP contribution >= 0.6 is 11.6 Å². The van der Waals surface area contributed by atoms with Crippen LogP contribution in [0.1, 0.15) is 62.9 Å². The Morgan fingerprint density at radius 1 is 1.12 bits per heavy atom. The zero-order valence-electron chi connectivity index (χ0n) is 19.3. The van der Waals surface area contributed by atoms with E-state index in [0.717, 1.165) is 30.6 Å². The van der Waals surface area contributed by atoms with Crippen molar-refractivity contribution in [1.29, 1.82) is 0 Å². The normalized spacial score (nSPS) is 14.2. The van der Waals surface area contributed by atoms with Crippen LogP contribution < -0.4 is 5.32 Å². The standard InChI is InChI=1S/C25H34ClFN2O3/c1-17(2)24(22-13-10-20(26)16-29-22)28-14-6-5-7-19(25(30)32-4)15-23(31-3)18-8-11-21(27)12-9-18/h8-13,16-17,19,23-24,28H,5-7,14-15H2,1-4H3/t19-,23+,24+/m0/s1. The third kappa shape index (κ3) is 8.15. The van der Waals surface area contributed by atoms with Gasteiger partial charge in [0.05, 0.1) is 35.9 Å². The maximum atomic E-state index is 13.2. The van der Waals surface area contributed by atoms with Gasteiger partial charge in [-0.2, -0.15) is 0 Å². The molecular formula is C25H34ClFN2O3. The Morgan fingerprint density at radius 2 is 1.84 bits per heavy atom. The molecule has 0 spiro atoms. The second-order valence-corrected chi connectivity index (χ2v) is 8.74. The Kier molecular flexibility index (Phi) is 11.1. The average molecular weight is 465 g/mol. The Hall–Kier alpha value is -2.02. The van der Waals surface area contributed by atoms with Crippen molar-refractivity contribution in [3.8, 4) is 0 Å². The molecule has 0 unspecified atom stereocenters. The molecule has 1 heterocycles. The first kappa shape index (κ1) is 26.2. The highest BCUT2D eigenvalue weighted by Gasteiger charge is 2.25. The zero-order valence-corrected chi connectivity index (χ0v) is 20.1. The van der Waals surface area contributed by atoms with Crippen molar-refractivity contribution in [3.05, 3.63) is 64.7 Å². The van der Waals surface area contributed by atoms with Crippen LogP contribution in [0.2, 0.25) is 5.02 Å². The van der Waals surface area contributed by atoms with Crippen LogP contribution in [0.4, 0.5) is 4.39 Å². The van der Waals surface area contributed by atoms with Gasteiger partial charge in [0.25, 0.3) is 0 Å². The average Bonchev–Trinajstić information content (AvgIpc) is 2.79. The first-order chi connectivity index (χ1) is 15.3. The number of aromatic nitrogens is 1. The Labute approximate surface area is 195 Å². The molecule has 0 saturated carbocycles. The molecule has 2 aromatic rings. The molecule has 0 saturated heterocycles. The summed E-state index contributed by atoms with van der Waals surface area (Å²) in [6.07, 6.45) is 4.35. The molecule has 7 heteroatoms. The van der Waals surface area contributed by atoms with E-state index in [4.69, 9.17) is 21.1 Å². The molecule has 0 amide bonds. The number of rotatable bonds is 13. The van der Waals surface area contributed by atoms with Crippen molar-refractivity contribution in [2.75, 3.05) is 20.8 Å². The smallest absolute Gasteiger partial charge is 0.308 e. The van der Waals surface area contributed by atoms with Gasteiger partial charge >= 0.3 is 5.97 Å². The molecule has 0 aliphatic rings. The van der Waals surface area contributed by atoms with Crippen LogP contribution in [0.15, 0.2) is 42.6 Å². The minimum absolute atomic E-state index is 0.139. The summed E-state index contributed by atoms with van der Waals surface area (Å²) in [5, 5.41) is 4.20. The number of carbonyl (C=O) groups is 1. The van der Waals surface area contributed by atoms with E-state index in [-0.39, 0.29) is 29.9 Å². The summed E-state index contributed by atoms with van der Waals surface area (Å²) in [4.78, 5) is 16.8. The van der Waals surface area contributed by atoms with Crippen molar-refractivity contribution < 1.29 is 18.7 Å². The molecule has 1 N–H and O–H groups in total. The number of hydrogen-bond acceptors (Lipinski definition) is 5. The van der Waals surface area contributed by atoms with E-state index in [9.17, 15) is 9.18 Å². The van der Waals surface area contributed by atoms with Gasteiger partial charge in [-0.1, -0.05) is 44.0 Å². The van der Waals surface area contributed by atoms with Crippen LogP contribution in [0.5, 0.6) is 0 Å². The van der Waals surface area contributed by atoms with Crippen molar-refractivity contribution in [2.24, 2.45) is 11.8 Å². The molecule has 0 radical (unpaired) electrons. The van der Waals surface area contributed by atoms with E-state index in [2.05, 4.69) is 24.1 Å². The molecular weight excluding hydrogens is 431 g/mol. The number of hydrogen-bond donors (Lipinski definition) is 1. The van der Waals surface area contributed by atoms with Crippen LogP contribution in [-0.4, -0.2) is 31.7 Å². The minimum Gasteiger partial charge on any atom is -0.469 e. The van der Waals surface area contributed by atoms with Crippen molar-refractivity contribution in [1.82, 2.24) is 10.3 Å². The molecule has 32 heavy (non-hydrogen) atoms. The summed E-state index contributed by atoms with van der Waals surface area (Å²) < 4.78 is 23.8. The third-order valence-electron chi connectivity index (χ3n) is 5.64. The fourth-order valence-electron chi connectivity index (χ4n) is 3.83. The molecule has 176 valence electrons. The maximum absolute atomic E-state index is 13.2. The monoisotopic (exact) mass is 464 g/mol. The molecule has 0 aliphatic heterocycles. The lowest BCUT2D eigenvalue weighted by Gasteiger charge is -2.23. The number of benzene rings is 1. The van der Waals surface area contributed by atoms with Crippen LogP contribution in [0.3, 0.4) is 0 Å². The number of esters is 1. The maximum Gasteiger partial charge on any atom is 0.308 e. The summed E-state index contributed by atoms with van der Waals surface area (Å²) in [5.74, 6) is -0.444. The number of ether oxygens (including phenoxy) is 2. The largest absolute Gasteiger partial charge is 0.469 e. The van der Waals surface area contributed by atoms with Gasteiger partial charge in [-0.3, -0.25) is 9.78 Å². The molecule has 1 aromatic heterocycles. The quantitative estimate of drug-likeness (QED) is 0.295. The van der Waals surface area contributed by atoms with Gasteiger partial charge in [-0.25, -0.2) is 4.39 Å². The van der Waals surface area contributed by atoms with Crippen LogP contribution in [0, 0.1) is 17.7 Å². The van der Waals surface area contributed by atoms with Gasteiger partial charge < -0.3 is 14.8 Å². The minimum atomic E-state index is -0.297. The first-order valence-corrected chi connectivity index (χ1v) is 11.4. The highest BCUT2D eigenvalue weighted by Crippen LogP contribution is 2.28. The van der Waals surface area contributed by atoms with Gasteiger partial charge in [-0.05, 0) is 61.6 Å². The van der Waals surface area contributed by atoms with Gasteiger partial charge in [0.1, 0.15) is 5.82 Å². The summed E-state index contributed by atoms with van der Waals surface area (Å²) in [5.41, 5.74) is 1.82. The topological polar surface area (TPSA) is 60.5 Å². The van der Waals surface area contributed by atoms with Gasteiger partial charge in [0, 0.05) is 13.3 Å². The fraction of sp³-hybridized carbons (Fsp3) is 0.520. The van der Waals surface area contributed by atoms with Crippen molar-refractivity contribution in [2.45, 2.75) is 51.7 Å². The Bertz CT molecular complexity index is 815. The first-order valence-electron chi connectivity index (χ1n) is 11.1. The number of unbranched alkanes of at least 4 members (excludes halogenated alkanes) is 1. The summed E-state index contributed by atoms with van der Waals surface area (Å²) in [7, 11) is 3.01. The molecule has 5 nitrogen and oxygen atoms in total. The van der Waals surface area contributed by atoms with E-state index in [0.29, 0.717) is 23.8 Å². The number of pyridine rings is 1. The highest BCUT2D eigenvalue weighted by molar-refractivity contribution is 6.30. The Balaban J connectivity index is 1.88. The van der Waals surface area contributed by atoms with Gasteiger partial charge in [0.2, 0.25) is 0 Å². The fourth-order valence-corrected chi connectivity index (χ4v) is 3.94. The SMILES string of the molecule is COC(=O)[C@@H](CCCCN[C@@H](c1ccc(Cl)cn1)C(C)C)C[C@@H](OC)c1ccc(F)cc1. The predicted octanol–water partition coefficient (Wildman–Crippen LogP) is 5.90. The van der Waals surface area contributed by atoms with Crippen molar-refractivity contribution in [3.63, 3.8) is 0 Å². The van der Waals surface area contributed by atoms with Crippen LogP contribution in [0.25, 0.3) is 0 Å². The van der Waals surface area contributed by atoms with Gasteiger partial charge in [-0.15, -0.1) is 0 Å². The molecule has 3 atom stereocenters. The lowest BCUT2D eigenvalue weighted by molar-refractivity contribution is -0.147. The second kappa shape index (κ2) is 13.5. The molecule has 2 rings (SSSR count). The molecule has 0 fully saturated rings. The van der Waals surface area contributed by atoms with Crippen molar-refractivity contribution >= 4 is 17.6 Å². The summed E-state index contributed by atoms with van der Waals surface area (Å²) in [6, 6.07) is 10.1. The third-order valence-corrected chi connectivity index (χ3v) is 5.86. The molecule has 1 aromatic carbocycles. The number of methoxy groups -OCH3 is 2. The molecule has 0 aliphatic carbocycles. The lowest BCUT2D eigenvalue weighted by atomic mass is 9.92. The summed E-state index contributed by atoms with van der Waals surface area (Å²) >= 11 is 5.95. The molecule has 0 bridgehead atoms. The predicted molar refractivity (Wildman–Crippen MR) is 125 cm³/mol. The van der Waals surface area contributed by atoms with Crippen LogP contribution in [-0.2, 0) is 14.3 Å². The lowest BCUT2D eigenvalue weighted by Crippen LogP contribution is -2.27. The van der Waals surface area contributed by atoms with E-state index in [1.165, 1.54) is 19.2 Å². The van der Waals surface area contributed by atoms with Gasteiger partial charge in [0.15, 0.2) is 0 Å². The second-order valence-electron chi connectivity index (χ2n) is 8.30. The van der Waals surface area contributed by atoms with E-state index in [1.807, 2.05) is 12.1 Å². The number of nitrogens with zero attached hydrogens (tertiary/aromatic N) is 1. The van der Waals surface area contributed by atoms with E-state index in [1.54, 1.807) is 25.4 Å². The Morgan fingerprint density at radius 3 is 2.41 bits per heavy atom.